The molecule has 7 heteroatoms. The Morgan fingerprint density at radius 1 is 1.26 bits per heavy atom. The molecule has 126 valence electrons. The number of fused-ring (bicyclic) bond motifs is 1. The zero-order chi connectivity index (χ0) is 17.0. The smallest absolute Gasteiger partial charge is 0.305 e. The summed E-state index contributed by atoms with van der Waals surface area (Å²) in [5.41, 5.74) is 0.792. The maximum Gasteiger partial charge on any atom is 0.305 e. The third-order valence-corrected chi connectivity index (χ3v) is 4.30. The van der Waals surface area contributed by atoms with E-state index in [1.807, 2.05) is 13.8 Å². The molecule has 1 aliphatic rings. The number of rotatable bonds is 6. The van der Waals surface area contributed by atoms with E-state index in [4.69, 9.17) is 14.6 Å². The number of carboxylic acid groups (broad SMARTS) is 1. The number of amides is 1. The van der Waals surface area contributed by atoms with Crippen LogP contribution >= 0.6 is 15.9 Å². The van der Waals surface area contributed by atoms with Gasteiger partial charge in [-0.2, -0.15) is 0 Å². The van der Waals surface area contributed by atoms with Crippen LogP contribution in [-0.2, 0) is 16.0 Å². The molecule has 0 spiro atoms. The molecule has 23 heavy (non-hydrogen) atoms. The summed E-state index contributed by atoms with van der Waals surface area (Å²) in [5, 5.41) is 8.82. The number of ether oxygens (including phenoxy) is 2. The molecule has 0 saturated carbocycles. The highest BCUT2D eigenvalue weighted by atomic mass is 79.9. The largest absolute Gasteiger partial charge is 0.486 e. The molecule has 0 saturated heterocycles. The molecule has 0 aromatic heterocycles. The van der Waals surface area contributed by atoms with Gasteiger partial charge in [0.25, 0.3) is 0 Å². The highest BCUT2D eigenvalue weighted by Crippen LogP contribution is 2.35. The third-order valence-electron chi connectivity index (χ3n) is 3.56. The standard InChI is InChI=1S/C16H20BrNO5/c1-10(2)18(4-3-16(20)21)15(19)8-11-7-13-14(9-12(11)17)23-6-5-22-13/h7,9-10H,3-6,8H2,1-2H3,(H,20,21). The number of carbonyl (C=O) groups excluding carboxylic acids is 1. The predicted molar refractivity (Wildman–Crippen MR) is 87.9 cm³/mol. The van der Waals surface area contributed by atoms with Crippen molar-refractivity contribution < 1.29 is 24.2 Å². The van der Waals surface area contributed by atoms with E-state index in [0.29, 0.717) is 24.7 Å². The number of carbonyl (C=O) groups is 2. The monoisotopic (exact) mass is 385 g/mol. The van der Waals surface area contributed by atoms with Gasteiger partial charge >= 0.3 is 5.97 Å². The van der Waals surface area contributed by atoms with E-state index < -0.39 is 5.97 Å². The maximum absolute atomic E-state index is 12.5. The highest BCUT2D eigenvalue weighted by Gasteiger charge is 2.21. The molecule has 1 aromatic carbocycles. The Hall–Kier alpha value is -1.76. The van der Waals surface area contributed by atoms with E-state index in [1.54, 1.807) is 17.0 Å². The Kier molecular flexibility index (Phi) is 5.87. The van der Waals surface area contributed by atoms with Crippen molar-refractivity contribution in [2.75, 3.05) is 19.8 Å². The normalized spacial score (nSPS) is 13.0. The Morgan fingerprint density at radius 2 is 1.87 bits per heavy atom. The first kappa shape index (κ1) is 17.6. The second-order valence-corrected chi connectivity index (χ2v) is 6.44. The van der Waals surface area contributed by atoms with Crippen LogP contribution in [0.15, 0.2) is 16.6 Å². The van der Waals surface area contributed by atoms with Crippen molar-refractivity contribution in [2.24, 2.45) is 0 Å². The summed E-state index contributed by atoms with van der Waals surface area (Å²) in [6.07, 6.45) is 0.112. The van der Waals surface area contributed by atoms with E-state index in [9.17, 15) is 9.59 Å². The van der Waals surface area contributed by atoms with Crippen LogP contribution in [0.3, 0.4) is 0 Å². The van der Waals surface area contributed by atoms with Crippen molar-refractivity contribution in [2.45, 2.75) is 32.7 Å². The number of nitrogens with zero attached hydrogens (tertiary/aromatic N) is 1. The molecule has 1 N–H and O–H groups in total. The molecule has 0 radical (unpaired) electrons. The molecule has 0 bridgehead atoms. The van der Waals surface area contributed by atoms with Crippen molar-refractivity contribution in [3.05, 3.63) is 22.2 Å². The fraction of sp³-hybridized carbons (Fsp3) is 0.500. The second-order valence-electron chi connectivity index (χ2n) is 5.59. The lowest BCUT2D eigenvalue weighted by Crippen LogP contribution is -2.39. The second kappa shape index (κ2) is 7.68. The van der Waals surface area contributed by atoms with Crippen LogP contribution in [0.2, 0.25) is 0 Å². The third kappa shape index (κ3) is 4.60. The van der Waals surface area contributed by atoms with Gasteiger partial charge in [0.1, 0.15) is 13.2 Å². The Balaban J connectivity index is 2.13. The Labute approximate surface area is 143 Å². The van der Waals surface area contributed by atoms with Crippen molar-refractivity contribution in [1.29, 1.82) is 0 Å². The van der Waals surface area contributed by atoms with Crippen LogP contribution in [0.4, 0.5) is 0 Å². The number of benzene rings is 1. The van der Waals surface area contributed by atoms with Crippen LogP contribution in [0.5, 0.6) is 11.5 Å². The molecule has 1 aromatic rings. The van der Waals surface area contributed by atoms with Gasteiger partial charge in [0.15, 0.2) is 11.5 Å². The summed E-state index contributed by atoms with van der Waals surface area (Å²) < 4.78 is 11.8. The molecule has 0 fully saturated rings. The minimum absolute atomic E-state index is 0.0576. The molecule has 1 amide bonds. The van der Waals surface area contributed by atoms with Gasteiger partial charge in [-0.3, -0.25) is 9.59 Å². The zero-order valence-electron chi connectivity index (χ0n) is 13.2. The molecule has 1 heterocycles. The average Bonchev–Trinajstić information content (AvgIpc) is 2.47. The van der Waals surface area contributed by atoms with Gasteiger partial charge in [-0.1, -0.05) is 15.9 Å². The van der Waals surface area contributed by atoms with Gasteiger partial charge in [-0.05, 0) is 31.5 Å². The van der Waals surface area contributed by atoms with E-state index in [2.05, 4.69) is 15.9 Å². The van der Waals surface area contributed by atoms with Crippen molar-refractivity contribution >= 4 is 27.8 Å². The first-order valence-corrected chi connectivity index (χ1v) is 8.27. The fourth-order valence-corrected chi connectivity index (χ4v) is 2.86. The van der Waals surface area contributed by atoms with Crippen molar-refractivity contribution in [3.63, 3.8) is 0 Å². The molecule has 6 nitrogen and oxygen atoms in total. The number of carboxylic acids is 1. The van der Waals surface area contributed by atoms with Crippen LogP contribution in [0.1, 0.15) is 25.8 Å². The molecule has 0 atom stereocenters. The minimum atomic E-state index is -0.913. The van der Waals surface area contributed by atoms with Crippen LogP contribution in [0.25, 0.3) is 0 Å². The quantitative estimate of drug-likeness (QED) is 0.813. The summed E-state index contributed by atoms with van der Waals surface area (Å²) in [6, 6.07) is 3.54. The molecular formula is C16H20BrNO5. The number of hydrogen-bond donors (Lipinski definition) is 1. The SMILES string of the molecule is CC(C)N(CCC(=O)O)C(=O)Cc1cc2c(cc1Br)OCCO2. The van der Waals surface area contributed by atoms with E-state index in [0.717, 1.165) is 10.0 Å². The van der Waals surface area contributed by atoms with E-state index >= 15 is 0 Å². The van der Waals surface area contributed by atoms with Crippen LogP contribution < -0.4 is 9.47 Å². The van der Waals surface area contributed by atoms with Gasteiger partial charge in [-0.25, -0.2) is 0 Å². The molecular weight excluding hydrogens is 366 g/mol. The number of aliphatic carboxylic acids is 1. The Bertz CT molecular complexity index is 602. The topological polar surface area (TPSA) is 76.1 Å². The average molecular weight is 386 g/mol. The molecule has 1 aliphatic heterocycles. The van der Waals surface area contributed by atoms with E-state index in [-0.39, 0.29) is 31.3 Å². The van der Waals surface area contributed by atoms with Crippen LogP contribution in [0, 0.1) is 0 Å². The van der Waals surface area contributed by atoms with Crippen molar-refractivity contribution in [3.8, 4) is 11.5 Å². The minimum Gasteiger partial charge on any atom is -0.486 e. The van der Waals surface area contributed by atoms with Gasteiger partial charge in [0.05, 0.1) is 12.8 Å². The predicted octanol–water partition coefficient (Wildman–Crippen LogP) is 2.47. The van der Waals surface area contributed by atoms with Gasteiger partial charge in [0.2, 0.25) is 5.91 Å². The maximum atomic E-state index is 12.5. The number of hydrogen-bond acceptors (Lipinski definition) is 4. The summed E-state index contributed by atoms with van der Waals surface area (Å²) in [6.45, 7) is 4.94. The number of halogens is 1. The van der Waals surface area contributed by atoms with Crippen LogP contribution in [-0.4, -0.2) is 47.7 Å². The highest BCUT2D eigenvalue weighted by molar-refractivity contribution is 9.10. The lowest BCUT2D eigenvalue weighted by molar-refractivity contribution is -0.139. The lowest BCUT2D eigenvalue weighted by Gasteiger charge is -2.27. The van der Waals surface area contributed by atoms with E-state index in [1.165, 1.54) is 0 Å². The first-order valence-electron chi connectivity index (χ1n) is 7.47. The first-order chi connectivity index (χ1) is 10.9. The molecule has 0 unspecified atom stereocenters. The van der Waals surface area contributed by atoms with Gasteiger partial charge in [0, 0.05) is 17.1 Å². The summed E-state index contributed by atoms with van der Waals surface area (Å²) in [4.78, 5) is 24.9. The summed E-state index contributed by atoms with van der Waals surface area (Å²) >= 11 is 3.45. The summed E-state index contributed by atoms with van der Waals surface area (Å²) in [7, 11) is 0. The Morgan fingerprint density at radius 3 is 2.43 bits per heavy atom. The lowest BCUT2D eigenvalue weighted by atomic mass is 10.1. The fourth-order valence-electron chi connectivity index (χ4n) is 2.39. The molecule has 2 rings (SSSR count). The van der Waals surface area contributed by atoms with Gasteiger partial charge < -0.3 is 19.5 Å². The molecule has 0 aliphatic carbocycles. The van der Waals surface area contributed by atoms with Crippen molar-refractivity contribution in [1.82, 2.24) is 4.90 Å². The van der Waals surface area contributed by atoms with Gasteiger partial charge in [-0.15, -0.1) is 0 Å². The zero-order valence-corrected chi connectivity index (χ0v) is 14.8. The summed E-state index contributed by atoms with van der Waals surface area (Å²) in [5.74, 6) is 0.261.